The molecule has 0 saturated carbocycles. The number of ether oxygens (including phenoxy) is 1. The summed E-state index contributed by atoms with van der Waals surface area (Å²) in [5.74, 6) is -0.0604. The van der Waals surface area contributed by atoms with Crippen LogP contribution in [0.2, 0.25) is 0 Å². The highest BCUT2D eigenvalue weighted by Crippen LogP contribution is 2.38. The Bertz CT molecular complexity index is 726. The molecule has 0 unspecified atom stereocenters. The number of fused-ring (bicyclic) bond motifs is 1. The van der Waals surface area contributed by atoms with Gasteiger partial charge >= 0.3 is 5.97 Å². The maximum absolute atomic E-state index is 12.2. The maximum atomic E-state index is 12.2. The maximum Gasteiger partial charge on any atom is 0.342 e. The third-order valence-electron chi connectivity index (χ3n) is 3.80. The summed E-state index contributed by atoms with van der Waals surface area (Å²) in [5.41, 5.74) is 3.72. The minimum absolute atomic E-state index is 0.303. The van der Waals surface area contributed by atoms with Crippen molar-refractivity contribution >= 4 is 11.5 Å². The molecular formula is C18H16O3. The van der Waals surface area contributed by atoms with Crippen LogP contribution < -0.4 is 4.74 Å². The van der Waals surface area contributed by atoms with Gasteiger partial charge in [-0.05, 0) is 31.1 Å². The predicted octanol–water partition coefficient (Wildman–Crippen LogP) is 3.42. The predicted molar refractivity (Wildman–Crippen MR) is 80.8 cm³/mol. The van der Waals surface area contributed by atoms with E-state index in [4.69, 9.17) is 4.74 Å². The zero-order valence-electron chi connectivity index (χ0n) is 12.0. The van der Waals surface area contributed by atoms with Gasteiger partial charge in [-0.3, -0.25) is 0 Å². The van der Waals surface area contributed by atoms with Crippen LogP contribution in [0, 0.1) is 6.92 Å². The van der Waals surface area contributed by atoms with Crippen LogP contribution in [-0.4, -0.2) is 11.1 Å². The second-order valence-electron chi connectivity index (χ2n) is 5.23. The van der Waals surface area contributed by atoms with E-state index >= 15 is 0 Å². The normalized spacial score (nSPS) is 19.8. The molecule has 0 bridgehead atoms. The van der Waals surface area contributed by atoms with Crippen LogP contribution in [0.25, 0.3) is 5.57 Å². The molecule has 0 amide bonds. The van der Waals surface area contributed by atoms with Crippen LogP contribution in [0.1, 0.15) is 29.7 Å². The minimum Gasteiger partial charge on any atom is -0.423 e. The number of hydrogen-bond acceptors (Lipinski definition) is 3. The zero-order valence-corrected chi connectivity index (χ0v) is 12.0. The lowest BCUT2D eigenvalue weighted by Gasteiger charge is -2.24. The summed E-state index contributed by atoms with van der Waals surface area (Å²) in [6.45, 7) is 3.84. The van der Waals surface area contributed by atoms with Crippen molar-refractivity contribution in [3.8, 4) is 5.75 Å². The molecule has 1 N–H and O–H groups in total. The smallest absolute Gasteiger partial charge is 0.342 e. The SMILES string of the molecule is C/C(=C1\C(=O)Oc2ccccc2[C@H]1O)c1ccc(C)cc1. The van der Waals surface area contributed by atoms with Gasteiger partial charge in [0.05, 0.1) is 5.57 Å². The number of aliphatic hydroxyl groups is 1. The molecule has 21 heavy (non-hydrogen) atoms. The second kappa shape index (κ2) is 5.19. The number of carbonyl (C=O) groups is 1. The van der Waals surface area contributed by atoms with E-state index in [2.05, 4.69) is 0 Å². The van der Waals surface area contributed by atoms with Gasteiger partial charge in [0.15, 0.2) is 0 Å². The number of rotatable bonds is 1. The van der Waals surface area contributed by atoms with E-state index < -0.39 is 12.1 Å². The molecule has 3 heteroatoms. The van der Waals surface area contributed by atoms with Crippen LogP contribution in [-0.2, 0) is 4.79 Å². The molecule has 0 spiro atoms. The van der Waals surface area contributed by atoms with Crippen molar-refractivity contribution in [2.24, 2.45) is 0 Å². The Kier molecular flexibility index (Phi) is 3.35. The quantitative estimate of drug-likeness (QED) is 0.494. The van der Waals surface area contributed by atoms with Gasteiger partial charge < -0.3 is 9.84 Å². The van der Waals surface area contributed by atoms with Gasteiger partial charge in [-0.1, -0.05) is 48.0 Å². The summed E-state index contributed by atoms with van der Waals surface area (Å²) in [4.78, 5) is 12.2. The third kappa shape index (κ3) is 2.36. The van der Waals surface area contributed by atoms with Crippen LogP contribution in [0.4, 0.5) is 0 Å². The topological polar surface area (TPSA) is 46.5 Å². The van der Waals surface area contributed by atoms with Crippen LogP contribution in [0.5, 0.6) is 5.75 Å². The first-order chi connectivity index (χ1) is 10.1. The van der Waals surface area contributed by atoms with Crippen molar-refractivity contribution in [1.29, 1.82) is 0 Å². The summed E-state index contributed by atoms with van der Waals surface area (Å²) in [6, 6.07) is 14.9. The number of hydrogen-bond donors (Lipinski definition) is 1. The molecule has 1 aliphatic heterocycles. The summed E-state index contributed by atoms with van der Waals surface area (Å²) in [6.07, 6.45) is -0.955. The molecule has 1 aliphatic rings. The third-order valence-corrected chi connectivity index (χ3v) is 3.80. The van der Waals surface area contributed by atoms with E-state index in [9.17, 15) is 9.90 Å². The average Bonchev–Trinajstić information content (AvgIpc) is 2.48. The Morgan fingerprint density at radius 1 is 1.10 bits per heavy atom. The Balaban J connectivity index is 2.11. The molecule has 1 heterocycles. The summed E-state index contributed by atoms with van der Waals surface area (Å²) in [5, 5.41) is 10.5. The highest BCUT2D eigenvalue weighted by atomic mass is 16.5. The summed E-state index contributed by atoms with van der Waals surface area (Å²) >= 11 is 0. The Labute approximate surface area is 123 Å². The molecule has 0 aliphatic carbocycles. The molecule has 2 aromatic carbocycles. The molecule has 3 rings (SSSR count). The zero-order chi connectivity index (χ0) is 15.0. The molecule has 0 radical (unpaired) electrons. The van der Waals surface area contributed by atoms with Gasteiger partial charge in [0, 0.05) is 5.56 Å². The number of carbonyl (C=O) groups excluding carboxylic acids is 1. The molecule has 0 aromatic heterocycles. The van der Waals surface area contributed by atoms with Crippen molar-refractivity contribution in [2.45, 2.75) is 20.0 Å². The lowest BCUT2D eigenvalue weighted by Crippen LogP contribution is -2.24. The van der Waals surface area contributed by atoms with E-state index in [1.54, 1.807) is 18.2 Å². The summed E-state index contributed by atoms with van der Waals surface area (Å²) < 4.78 is 5.32. The van der Waals surface area contributed by atoms with E-state index in [1.165, 1.54) is 0 Å². The van der Waals surface area contributed by atoms with E-state index in [0.717, 1.165) is 16.7 Å². The van der Waals surface area contributed by atoms with Gasteiger partial charge in [0.1, 0.15) is 11.9 Å². The van der Waals surface area contributed by atoms with Gasteiger partial charge in [-0.2, -0.15) is 0 Å². The van der Waals surface area contributed by atoms with Crippen molar-refractivity contribution in [2.75, 3.05) is 0 Å². The van der Waals surface area contributed by atoms with Crippen molar-refractivity contribution in [1.82, 2.24) is 0 Å². The number of allylic oxidation sites excluding steroid dienone is 1. The minimum atomic E-state index is -0.955. The lowest BCUT2D eigenvalue weighted by atomic mass is 9.91. The number of aryl methyl sites for hydroxylation is 1. The fourth-order valence-electron chi connectivity index (χ4n) is 2.54. The van der Waals surface area contributed by atoms with Crippen molar-refractivity contribution in [3.05, 3.63) is 70.8 Å². The molecule has 0 fully saturated rings. The highest BCUT2D eigenvalue weighted by molar-refractivity contribution is 6.01. The first kappa shape index (κ1) is 13.6. The van der Waals surface area contributed by atoms with E-state index in [0.29, 0.717) is 16.9 Å². The number of esters is 1. The molecule has 106 valence electrons. The fourth-order valence-corrected chi connectivity index (χ4v) is 2.54. The van der Waals surface area contributed by atoms with Crippen molar-refractivity contribution in [3.63, 3.8) is 0 Å². The van der Waals surface area contributed by atoms with Crippen LogP contribution in [0.15, 0.2) is 54.1 Å². The number of benzene rings is 2. The molecule has 3 nitrogen and oxygen atoms in total. The second-order valence-corrected chi connectivity index (χ2v) is 5.23. The Morgan fingerprint density at radius 2 is 1.76 bits per heavy atom. The van der Waals surface area contributed by atoms with Gasteiger partial charge in [0.2, 0.25) is 0 Å². The Morgan fingerprint density at radius 3 is 2.48 bits per heavy atom. The monoisotopic (exact) mass is 280 g/mol. The first-order valence-corrected chi connectivity index (χ1v) is 6.85. The van der Waals surface area contributed by atoms with E-state index in [-0.39, 0.29) is 0 Å². The van der Waals surface area contributed by atoms with Gasteiger partial charge in [-0.15, -0.1) is 0 Å². The van der Waals surface area contributed by atoms with Crippen LogP contribution >= 0.6 is 0 Å². The van der Waals surface area contributed by atoms with Gasteiger partial charge in [0.25, 0.3) is 0 Å². The summed E-state index contributed by atoms with van der Waals surface area (Å²) in [7, 11) is 0. The molecular weight excluding hydrogens is 264 g/mol. The largest absolute Gasteiger partial charge is 0.423 e. The number of para-hydroxylation sites is 1. The first-order valence-electron chi connectivity index (χ1n) is 6.85. The standard InChI is InChI=1S/C18H16O3/c1-11-7-9-13(10-8-11)12(2)16-17(19)14-5-3-4-6-15(14)21-18(16)20/h3-10,17,19H,1-2H3/b16-12+/t17-/m1/s1. The fraction of sp³-hybridized carbons (Fsp3) is 0.167. The Hall–Kier alpha value is -2.39. The molecule has 1 atom stereocenters. The lowest BCUT2D eigenvalue weighted by molar-refractivity contribution is -0.132. The number of aliphatic hydroxyl groups excluding tert-OH is 1. The van der Waals surface area contributed by atoms with Gasteiger partial charge in [-0.25, -0.2) is 4.79 Å². The molecule has 2 aromatic rings. The van der Waals surface area contributed by atoms with Crippen molar-refractivity contribution < 1.29 is 14.6 Å². The van der Waals surface area contributed by atoms with Crippen LogP contribution in [0.3, 0.4) is 0 Å². The highest BCUT2D eigenvalue weighted by Gasteiger charge is 2.32. The molecule has 0 saturated heterocycles. The van der Waals surface area contributed by atoms with E-state index in [1.807, 2.05) is 44.2 Å². The average molecular weight is 280 g/mol.